The number of carbonyl (C=O) groups is 1. The Morgan fingerprint density at radius 2 is 2.19 bits per heavy atom. The number of hydrogen-bond donors (Lipinski definition) is 1. The van der Waals surface area contributed by atoms with E-state index in [1.165, 1.54) is 0 Å². The highest BCUT2D eigenvalue weighted by Crippen LogP contribution is 2.27. The van der Waals surface area contributed by atoms with Gasteiger partial charge in [0.2, 0.25) is 0 Å². The van der Waals surface area contributed by atoms with E-state index in [9.17, 15) is 4.79 Å². The van der Waals surface area contributed by atoms with Gasteiger partial charge >= 0.3 is 0 Å². The highest BCUT2D eigenvalue weighted by molar-refractivity contribution is 5.93. The molecule has 1 aliphatic rings. The molecule has 1 saturated heterocycles. The first-order valence-electron chi connectivity index (χ1n) is 6.88. The van der Waals surface area contributed by atoms with E-state index in [1.54, 1.807) is 17.9 Å². The number of fused-ring (bicyclic) bond motifs is 1. The maximum absolute atomic E-state index is 12.2. The summed E-state index contributed by atoms with van der Waals surface area (Å²) in [5.41, 5.74) is 2.37. The van der Waals surface area contributed by atoms with Crippen LogP contribution < -0.4 is 0 Å². The first-order valence-corrected chi connectivity index (χ1v) is 6.88. The van der Waals surface area contributed by atoms with Gasteiger partial charge in [0.1, 0.15) is 11.6 Å². The van der Waals surface area contributed by atoms with Crippen LogP contribution in [0, 0.1) is 6.92 Å². The number of aromatic nitrogens is 3. The highest BCUT2D eigenvalue weighted by Gasteiger charge is 2.35. The number of hydrogen-bond acceptors (Lipinski definition) is 4. The van der Waals surface area contributed by atoms with Crippen LogP contribution in [0.15, 0.2) is 34.9 Å². The van der Waals surface area contributed by atoms with Crippen LogP contribution in [0.3, 0.4) is 0 Å². The third kappa shape index (κ3) is 1.99. The third-order valence-corrected chi connectivity index (χ3v) is 3.81. The normalized spacial score (nSPS) is 15.4. The predicted octanol–water partition coefficient (Wildman–Crippen LogP) is 2.10. The average Bonchev–Trinajstić information content (AvgIpc) is 3.02. The molecule has 21 heavy (non-hydrogen) atoms. The minimum atomic E-state index is -0.0841. The summed E-state index contributed by atoms with van der Waals surface area (Å²) in [6, 6.07) is 9.60. The molecule has 0 atom stereocenters. The second kappa shape index (κ2) is 4.44. The summed E-state index contributed by atoms with van der Waals surface area (Å²) in [5.74, 6) is 1.76. The fraction of sp³-hybridized carbons (Fsp3) is 0.267. The fourth-order valence-electron chi connectivity index (χ4n) is 2.61. The number of nitrogens with one attached hydrogen (secondary N) is 1. The molecule has 6 heteroatoms. The van der Waals surface area contributed by atoms with Crippen LogP contribution >= 0.6 is 0 Å². The average molecular weight is 282 g/mol. The second-order valence-corrected chi connectivity index (χ2v) is 5.37. The number of amides is 1. The lowest BCUT2D eigenvalue weighted by atomic mass is 9.99. The molecule has 1 amide bonds. The van der Waals surface area contributed by atoms with Gasteiger partial charge in [-0.2, -0.15) is 0 Å². The number of aryl methyl sites for hydroxylation is 1. The van der Waals surface area contributed by atoms with Crippen LogP contribution in [0.25, 0.3) is 11.0 Å². The summed E-state index contributed by atoms with van der Waals surface area (Å²) in [5, 5.41) is 3.76. The van der Waals surface area contributed by atoms with Gasteiger partial charge in [0, 0.05) is 19.2 Å². The number of likely N-dealkylation sites (tertiary alicyclic amines) is 1. The Balaban J connectivity index is 1.48. The Labute approximate surface area is 120 Å². The first-order chi connectivity index (χ1) is 10.2. The van der Waals surface area contributed by atoms with Crippen molar-refractivity contribution in [2.45, 2.75) is 12.8 Å². The number of para-hydroxylation sites is 2. The SMILES string of the molecule is Cc1cc(C(=O)N2CC(c3nc4ccccc4[nH]3)C2)no1. The lowest BCUT2D eigenvalue weighted by molar-refractivity contribution is 0.0585. The molecule has 0 spiro atoms. The molecule has 0 aliphatic carbocycles. The van der Waals surface area contributed by atoms with Gasteiger partial charge in [0.15, 0.2) is 5.69 Å². The number of carbonyl (C=O) groups excluding carboxylic acids is 1. The molecule has 3 heterocycles. The molecule has 0 bridgehead atoms. The van der Waals surface area contributed by atoms with Crippen LogP contribution in [-0.4, -0.2) is 39.0 Å². The van der Waals surface area contributed by atoms with Crippen molar-refractivity contribution in [3.8, 4) is 0 Å². The van der Waals surface area contributed by atoms with Gasteiger partial charge in [0.05, 0.1) is 17.0 Å². The minimum absolute atomic E-state index is 0.0841. The summed E-state index contributed by atoms with van der Waals surface area (Å²) >= 11 is 0. The van der Waals surface area contributed by atoms with Gasteiger partial charge in [-0.1, -0.05) is 17.3 Å². The van der Waals surface area contributed by atoms with E-state index in [0.29, 0.717) is 24.5 Å². The van der Waals surface area contributed by atoms with Crippen molar-refractivity contribution in [1.82, 2.24) is 20.0 Å². The lowest BCUT2D eigenvalue weighted by Gasteiger charge is -2.37. The maximum Gasteiger partial charge on any atom is 0.276 e. The molecule has 6 nitrogen and oxygen atoms in total. The number of rotatable bonds is 2. The van der Waals surface area contributed by atoms with Crippen molar-refractivity contribution in [3.05, 3.63) is 47.6 Å². The van der Waals surface area contributed by atoms with Gasteiger partial charge in [-0.15, -0.1) is 0 Å². The first kappa shape index (κ1) is 12.1. The molecule has 2 aromatic heterocycles. The zero-order valence-electron chi connectivity index (χ0n) is 11.5. The van der Waals surface area contributed by atoms with Crippen LogP contribution in [0.1, 0.15) is 28.0 Å². The molecule has 0 saturated carbocycles. The predicted molar refractivity (Wildman–Crippen MR) is 76.0 cm³/mol. The van der Waals surface area contributed by atoms with Crippen molar-refractivity contribution >= 4 is 16.9 Å². The lowest BCUT2D eigenvalue weighted by Crippen LogP contribution is -2.48. The summed E-state index contributed by atoms with van der Waals surface area (Å²) in [6.07, 6.45) is 0. The molecular weight excluding hydrogens is 268 g/mol. The van der Waals surface area contributed by atoms with E-state index in [0.717, 1.165) is 16.9 Å². The van der Waals surface area contributed by atoms with Crippen molar-refractivity contribution in [1.29, 1.82) is 0 Å². The van der Waals surface area contributed by atoms with Gasteiger partial charge in [-0.25, -0.2) is 4.98 Å². The molecule has 0 radical (unpaired) electrons. The molecule has 1 aliphatic heterocycles. The summed E-state index contributed by atoms with van der Waals surface area (Å²) in [7, 11) is 0. The number of nitrogens with zero attached hydrogens (tertiary/aromatic N) is 3. The Morgan fingerprint density at radius 3 is 2.90 bits per heavy atom. The topological polar surface area (TPSA) is 75.0 Å². The molecule has 1 fully saturated rings. The standard InChI is InChI=1S/C15H14N4O2/c1-9-6-13(18-21-9)15(20)19-7-10(8-19)14-16-11-4-2-3-5-12(11)17-14/h2-6,10H,7-8H2,1H3,(H,16,17). The van der Waals surface area contributed by atoms with E-state index in [-0.39, 0.29) is 11.8 Å². The highest BCUT2D eigenvalue weighted by atomic mass is 16.5. The van der Waals surface area contributed by atoms with Crippen LogP contribution in [0.5, 0.6) is 0 Å². The Bertz CT molecular complexity index is 781. The van der Waals surface area contributed by atoms with E-state index in [1.807, 2.05) is 24.3 Å². The Kier molecular flexibility index (Phi) is 2.57. The zero-order valence-corrected chi connectivity index (χ0v) is 11.5. The summed E-state index contributed by atoms with van der Waals surface area (Å²) in [4.78, 5) is 21.8. The van der Waals surface area contributed by atoms with Gasteiger partial charge in [-0.05, 0) is 19.1 Å². The molecule has 0 unspecified atom stereocenters. The van der Waals surface area contributed by atoms with Crippen molar-refractivity contribution < 1.29 is 9.32 Å². The quantitative estimate of drug-likeness (QED) is 0.781. The van der Waals surface area contributed by atoms with E-state index < -0.39 is 0 Å². The zero-order chi connectivity index (χ0) is 14.4. The van der Waals surface area contributed by atoms with Crippen LogP contribution in [0.4, 0.5) is 0 Å². The monoisotopic (exact) mass is 282 g/mol. The number of benzene rings is 1. The van der Waals surface area contributed by atoms with Crippen molar-refractivity contribution in [2.75, 3.05) is 13.1 Å². The Morgan fingerprint density at radius 1 is 1.38 bits per heavy atom. The van der Waals surface area contributed by atoms with E-state index >= 15 is 0 Å². The number of H-pyrrole nitrogens is 1. The molecular formula is C15H14N4O2. The van der Waals surface area contributed by atoms with Crippen molar-refractivity contribution in [2.24, 2.45) is 0 Å². The summed E-state index contributed by atoms with van der Waals surface area (Å²) < 4.78 is 4.94. The summed E-state index contributed by atoms with van der Waals surface area (Å²) in [6.45, 7) is 3.09. The third-order valence-electron chi connectivity index (χ3n) is 3.81. The Hall–Kier alpha value is -2.63. The molecule has 1 N–H and O–H groups in total. The molecule has 106 valence electrons. The van der Waals surface area contributed by atoms with Crippen molar-refractivity contribution in [3.63, 3.8) is 0 Å². The van der Waals surface area contributed by atoms with Gasteiger partial charge < -0.3 is 14.4 Å². The number of aromatic amines is 1. The van der Waals surface area contributed by atoms with E-state index in [2.05, 4.69) is 15.1 Å². The smallest absolute Gasteiger partial charge is 0.276 e. The molecule has 3 aromatic rings. The van der Waals surface area contributed by atoms with Crippen LogP contribution in [0.2, 0.25) is 0 Å². The molecule has 1 aromatic carbocycles. The minimum Gasteiger partial charge on any atom is -0.361 e. The maximum atomic E-state index is 12.2. The number of imidazole rings is 1. The fourth-order valence-corrected chi connectivity index (χ4v) is 2.61. The van der Waals surface area contributed by atoms with E-state index in [4.69, 9.17) is 4.52 Å². The van der Waals surface area contributed by atoms with Gasteiger partial charge in [-0.3, -0.25) is 4.79 Å². The second-order valence-electron chi connectivity index (χ2n) is 5.37. The molecule has 4 rings (SSSR count). The van der Waals surface area contributed by atoms with Crippen LogP contribution in [-0.2, 0) is 0 Å². The van der Waals surface area contributed by atoms with Gasteiger partial charge in [0.25, 0.3) is 5.91 Å². The largest absolute Gasteiger partial charge is 0.361 e.